The number of sulfonamides is 1. The number of amides is 1. The van der Waals surface area contributed by atoms with Crippen LogP contribution in [0, 0.1) is 11.8 Å². The second-order valence-electron chi connectivity index (χ2n) is 4.61. The molecule has 1 atom stereocenters. The van der Waals surface area contributed by atoms with Gasteiger partial charge in [0.1, 0.15) is 0 Å². The van der Waals surface area contributed by atoms with Gasteiger partial charge in [0.25, 0.3) is 0 Å². The number of nitrogens with one attached hydrogen (secondary N) is 1. The Morgan fingerprint density at radius 2 is 2.10 bits per heavy atom. The molecule has 1 aromatic rings. The van der Waals surface area contributed by atoms with Gasteiger partial charge in [-0.25, -0.2) is 8.42 Å². The van der Waals surface area contributed by atoms with Gasteiger partial charge in [0.2, 0.25) is 15.9 Å². The summed E-state index contributed by atoms with van der Waals surface area (Å²) in [5.74, 6) is 5.11. The summed E-state index contributed by atoms with van der Waals surface area (Å²) in [6, 6.07) is 5.33. The van der Waals surface area contributed by atoms with Crippen LogP contribution in [0.15, 0.2) is 29.2 Å². The summed E-state index contributed by atoms with van der Waals surface area (Å²) in [7, 11) is -0.651. The molecule has 0 saturated heterocycles. The summed E-state index contributed by atoms with van der Waals surface area (Å²) in [6.07, 6.45) is 0. The molecule has 0 heterocycles. The van der Waals surface area contributed by atoms with Crippen molar-refractivity contribution in [3.05, 3.63) is 29.8 Å². The molecule has 1 amide bonds. The molecular formula is C14H19N3O3S. The van der Waals surface area contributed by atoms with E-state index in [0.717, 1.165) is 0 Å². The number of carbonyl (C=O) groups is 1. The minimum absolute atomic E-state index is 0.0599. The highest BCUT2D eigenvalue weighted by molar-refractivity contribution is 7.89. The van der Waals surface area contributed by atoms with Crippen LogP contribution in [0.3, 0.4) is 0 Å². The van der Waals surface area contributed by atoms with Gasteiger partial charge in [0.05, 0.1) is 17.5 Å². The third kappa shape index (κ3) is 4.86. The van der Waals surface area contributed by atoms with Gasteiger partial charge in [-0.1, -0.05) is 17.9 Å². The molecule has 1 unspecified atom stereocenters. The molecule has 7 heteroatoms. The Balaban J connectivity index is 3.00. The quantitative estimate of drug-likeness (QED) is 0.750. The maximum absolute atomic E-state index is 12.2. The number of hydrogen-bond donors (Lipinski definition) is 2. The Morgan fingerprint density at radius 3 is 2.67 bits per heavy atom. The van der Waals surface area contributed by atoms with Crippen molar-refractivity contribution >= 4 is 15.9 Å². The van der Waals surface area contributed by atoms with Crippen LogP contribution in [0.4, 0.5) is 0 Å². The summed E-state index contributed by atoms with van der Waals surface area (Å²) in [4.78, 5) is 13.1. The van der Waals surface area contributed by atoms with Crippen LogP contribution in [0.1, 0.15) is 12.5 Å². The molecule has 0 fully saturated rings. The highest BCUT2D eigenvalue weighted by Crippen LogP contribution is 2.11. The largest absolute Gasteiger partial charge is 0.347 e. The van der Waals surface area contributed by atoms with Gasteiger partial charge >= 0.3 is 0 Å². The first kappa shape index (κ1) is 17.2. The van der Waals surface area contributed by atoms with Crippen molar-refractivity contribution in [1.82, 2.24) is 9.62 Å². The van der Waals surface area contributed by atoms with Crippen molar-refractivity contribution in [2.45, 2.75) is 17.9 Å². The van der Waals surface area contributed by atoms with Gasteiger partial charge in [0, 0.05) is 19.7 Å². The minimum Gasteiger partial charge on any atom is -0.347 e. The van der Waals surface area contributed by atoms with E-state index < -0.39 is 16.1 Å². The lowest BCUT2D eigenvalue weighted by molar-refractivity contribution is -0.130. The monoisotopic (exact) mass is 309 g/mol. The molecule has 0 aliphatic heterocycles. The topological polar surface area (TPSA) is 92.5 Å². The standard InChI is InChI=1S/C14H19N3O3S/c1-11(14(18)17(2)3)16-21(19,20)13-8-4-6-12(10-13)7-5-9-15/h4,6,8,10-11,16H,9,15H2,1-3H3. The van der Waals surface area contributed by atoms with Gasteiger partial charge in [-0.2, -0.15) is 4.72 Å². The Morgan fingerprint density at radius 1 is 1.43 bits per heavy atom. The fourth-order valence-corrected chi connectivity index (χ4v) is 2.87. The third-order valence-electron chi connectivity index (χ3n) is 2.62. The zero-order chi connectivity index (χ0) is 16.0. The number of nitrogens with zero attached hydrogens (tertiary/aromatic N) is 1. The molecule has 3 N–H and O–H groups in total. The van der Waals surface area contributed by atoms with E-state index in [1.807, 2.05) is 0 Å². The third-order valence-corrected chi connectivity index (χ3v) is 4.16. The Bertz CT molecular complexity index is 672. The molecule has 1 aromatic carbocycles. The zero-order valence-corrected chi connectivity index (χ0v) is 13.1. The van der Waals surface area contributed by atoms with Crippen molar-refractivity contribution in [3.63, 3.8) is 0 Å². The molecule has 0 aliphatic carbocycles. The first-order valence-corrected chi connectivity index (χ1v) is 7.78. The molecule has 114 valence electrons. The summed E-state index contributed by atoms with van der Waals surface area (Å²) < 4.78 is 26.8. The average molecular weight is 309 g/mol. The highest BCUT2D eigenvalue weighted by atomic mass is 32.2. The highest BCUT2D eigenvalue weighted by Gasteiger charge is 2.23. The zero-order valence-electron chi connectivity index (χ0n) is 12.3. The summed E-state index contributed by atoms with van der Waals surface area (Å²) in [6.45, 7) is 1.70. The summed E-state index contributed by atoms with van der Waals surface area (Å²) in [5, 5.41) is 0. The number of rotatable bonds is 4. The number of carbonyl (C=O) groups excluding carboxylic acids is 1. The van der Waals surface area contributed by atoms with E-state index >= 15 is 0 Å². The molecule has 1 rings (SSSR count). The van der Waals surface area contributed by atoms with Crippen LogP contribution in [0.25, 0.3) is 0 Å². The van der Waals surface area contributed by atoms with E-state index in [9.17, 15) is 13.2 Å². The van der Waals surface area contributed by atoms with E-state index in [-0.39, 0.29) is 17.3 Å². The molecule has 6 nitrogen and oxygen atoms in total. The van der Waals surface area contributed by atoms with E-state index in [2.05, 4.69) is 16.6 Å². The predicted molar refractivity (Wildman–Crippen MR) is 80.9 cm³/mol. The number of likely N-dealkylation sites (N-methyl/N-ethyl adjacent to an activating group) is 1. The van der Waals surface area contributed by atoms with Gasteiger partial charge in [0.15, 0.2) is 0 Å². The molecule has 0 aromatic heterocycles. The lowest BCUT2D eigenvalue weighted by Gasteiger charge is -2.18. The van der Waals surface area contributed by atoms with Crippen molar-refractivity contribution in [2.24, 2.45) is 5.73 Å². The maximum Gasteiger partial charge on any atom is 0.241 e. The lowest BCUT2D eigenvalue weighted by atomic mass is 10.2. The van der Waals surface area contributed by atoms with Crippen LogP contribution in [0.2, 0.25) is 0 Å². The fourth-order valence-electron chi connectivity index (χ4n) is 1.63. The number of hydrogen-bond acceptors (Lipinski definition) is 4. The smallest absolute Gasteiger partial charge is 0.241 e. The Labute approximate surface area is 125 Å². The van der Waals surface area contributed by atoms with Crippen molar-refractivity contribution in [3.8, 4) is 11.8 Å². The first-order valence-electron chi connectivity index (χ1n) is 6.30. The van der Waals surface area contributed by atoms with Gasteiger partial charge in [-0.15, -0.1) is 0 Å². The second-order valence-corrected chi connectivity index (χ2v) is 6.32. The Hall–Kier alpha value is -1.88. The second kappa shape index (κ2) is 7.22. The van der Waals surface area contributed by atoms with Gasteiger partial charge in [-0.3, -0.25) is 4.79 Å². The van der Waals surface area contributed by atoms with E-state index in [4.69, 9.17) is 5.73 Å². The SMILES string of the molecule is CC(NS(=O)(=O)c1cccc(C#CCN)c1)C(=O)N(C)C. The molecule has 0 aliphatic rings. The minimum atomic E-state index is -3.78. The van der Waals surface area contributed by atoms with Crippen LogP contribution in [-0.4, -0.2) is 45.9 Å². The molecule has 0 bridgehead atoms. The van der Waals surface area contributed by atoms with Crippen LogP contribution in [0.5, 0.6) is 0 Å². The van der Waals surface area contributed by atoms with Crippen LogP contribution < -0.4 is 10.5 Å². The summed E-state index contributed by atoms with van der Waals surface area (Å²) >= 11 is 0. The average Bonchev–Trinajstić information content (AvgIpc) is 2.44. The molecule has 0 radical (unpaired) electrons. The Kier molecular flexibility index (Phi) is 5.90. The predicted octanol–water partition coefficient (Wildman–Crippen LogP) is -0.248. The van der Waals surface area contributed by atoms with Crippen molar-refractivity contribution in [2.75, 3.05) is 20.6 Å². The van der Waals surface area contributed by atoms with Crippen LogP contribution >= 0.6 is 0 Å². The van der Waals surface area contributed by atoms with Crippen molar-refractivity contribution < 1.29 is 13.2 Å². The van der Waals surface area contributed by atoms with E-state index in [1.54, 1.807) is 26.2 Å². The fraction of sp³-hybridized carbons (Fsp3) is 0.357. The molecular weight excluding hydrogens is 290 g/mol. The molecule has 21 heavy (non-hydrogen) atoms. The summed E-state index contributed by atoms with van der Waals surface area (Å²) in [5.41, 5.74) is 5.83. The van der Waals surface area contributed by atoms with Crippen molar-refractivity contribution in [1.29, 1.82) is 0 Å². The van der Waals surface area contributed by atoms with Crippen LogP contribution in [-0.2, 0) is 14.8 Å². The number of nitrogens with two attached hydrogens (primary N) is 1. The van der Waals surface area contributed by atoms with Gasteiger partial charge < -0.3 is 10.6 Å². The first-order chi connectivity index (χ1) is 9.77. The maximum atomic E-state index is 12.2. The van der Waals surface area contributed by atoms with E-state index in [1.165, 1.54) is 24.0 Å². The number of benzene rings is 1. The van der Waals surface area contributed by atoms with Gasteiger partial charge in [-0.05, 0) is 25.1 Å². The molecule has 0 spiro atoms. The normalized spacial score (nSPS) is 12.2. The lowest BCUT2D eigenvalue weighted by Crippen LogP contribution is -2.44. The van der Waals surface area contributed by atoms with E-state index in [0.29, 0.717) is 5.56 Å². The molecule has 0 saturated carbocycles.